The summed E-state index contributed by atoms with van der Waals surface area (Å²) in [6, 6.07) is 4.12. The molecular weight excluding hydrogens is 158 g/mol. The van der Waals surface area contributed by atoms with Gasteiger partial charge in [-0.05, 0) is 37.1 Å². The van der Waals surface area contributed by atoms with E-state index in [1.165, 1.54) is 0 Å². The van der Waals surface area contributed by atoms with Crippen molar-refractivity contribution in [3.8, 4) is 12.3 Å². The first-order valence-electron chi connectivity index (χ1n) is 4.37. The van der Waals surface area contributed by atoms with Gasteiger partial charge in [0.1, 0.15) is 0 Å². The highest BCUT2D eigenvalue weighted by atomic mass is 14.7. The average molecular weight is 171 g/mol. The van der Waals surface area contributed by atoms with E-state index in [2.05, 4.69) is 23.9 Å². The lowest BCUT2D eigenvalue weighted by molar-refractivity contribution is 1.02. The minimum Gasteiger partial charge on any atom is -0.253 e. The highest BCUT2D eigenvalue weighted by Crippen LogP contribution is 2.08. The summed E-state index contributed by atoms with van der Waals surface area (Å²) in [6.45, 7) is 4.12. The van der Waals surface area contributed by atoms with Crippen molar-refractivity contribution in [2.75, 3.05) is 0 Å². The number of aryl methyl sites for hydroxylation is 2. The molecule has 1 nitrogen and oxygen atoms in total. The molecule has 0 radical (unpaired) electrons. The quantitative estimate of drug-likeness (QED) is 0.623. The van der Waals surface area contributed by atoms with Crippen LogP contribution in [0.1, 0.15) is 23.9 Å². The van der Waals surface area contributed by atoms with Gasteiger partial charge in [-0.25, -0.2) is 0 Å². The predicted octanol–water partition coefficient (Wildman–Crippen LogP) is 2.60. The first kappa shape index (κ1) is 9.54. The van der Waals surface area contributed by atoms with Crippen molar-refractivity contribution in [1.82, 2.24) is 4.98 Å². The van der Waals surface area contributed by atoms with E-state index in [0.717, 1.165) is 23.4 Å². The molecule has 0 fully saturated rings. The molecular formula is C12H13N. The fraction of sp³-hybridized carbons (Fsp3) is 0.250. The van der Waals surface area contributed by atoms with E-state index in [1.54, 1.807) is 6.08 Å². The molecule has 1 aromatic heterocycles. The van der Waals surface area contributed by atoms with Crippen LogP contribution >= 0.6 is 0 Å². The molecule has 13 heavy (non-hydrogen) atoms. The van der Waals surface area contributed by atoms with E-state index in [9.17, 15) is 0 Å². The van der Waals surface area contributed by atoms with Crippen LogP contribution in [0.15, 0.2) is 18.2 Å². The van der Waals surface area contributed by atoms with Gasteiger partial charge in [0.2, 0.25) is 0 Å². The van der Waals surface area contributed by atoms with Crippen LogP contribution in [0.5, 0.6) is 0 Å². The summed E-state index contributed by atoms with van der Waals surface area (Å²) < 4.78 is 0. The topological polar surface area (TPSA) is 12.9 Å². The first-order valence-corrected chi connectivity index (χ1v) is 4.37. The van der Waals surface area contributed by atoms with Gasteiger partial charge >= 0.3 is 0 Å². The number of hydrogen-bond acceptors (Lipinski definition) is 1. The van der Waals surface area contributed by atoms with Crippen LogP contribution in [0.2, 0.25) is 0 Å². The Hall–Kier alpha value is -1.55. The zero-order valence-electron chi connectivity index (χ0n) is 8.04. The standard InChI is InChI=1S/C12H13N/c1-4-6-7-12-10(3)8-9-11(5-2)13-12/h1,6-9H,5H2,2-3H3/b7-6-. The summed E-state index contributed by atoms with van der Waals surface area (Å²) in [5.41, 5.74) is 3.23. The Morgan fingerprint density at radius 1 is 1.54 bits per heavy atom. The van der Waals surface area contributed by atoms with Crippen LogP contribution in [0, 0.1) is 19.3 Å². The first-order chi connectivity index (χ1) is 6.27. The molecule has 66 valence electrons. The average Bonchev–Trinajstić information content (AvgIpc) is 2.17. The van der Waals surface area contributed by atoms with Crippen molar-refractivity contribution < 1.29 is 0 Å². The minimum absolute atomic E-state index is 0.956. The zero-order chi connectivity index (χ0) is 9.68. The van der Waals surface area contributed by atoms with Crippen LogP contribution in [0.4, 0.5) is 0 Å². The predicted molar refractivity (Wildman–Crippen MR) is 56.2 cm³/mol. The van der Waals surface area contributed by atoms with Gasteiger partial charge in [0.25, 0.3) is 0 Å². The smallest absolute Gasteiger partial charge is 0.0668 e. The Morgan fingerprint density at radius 2 is 2.31 bits per heavy atom. The fourth-order valence-electron chi connectivity index (χ4n) is 1.08. The molecule has 1 heteroatoms. The SMILES string of the molecule is C#C/C=C\c1nc(CC)ccc1C. The van der Waals surface area contributed by atoms with E-state index in [0.29, 0.717) is 0 Å². The summed E-state index contributed by atoms with van der Waals surface area (Å²) in [5.74, 6) is 2.46. The molecule has 0 spiro atoms. The van der Waals surface area contributed by atoms with Crippen LogP contribution in [0.3, 0.4) is 0 Å². The van der Waals surface area contributed by atoms with E-state index in [1.807, 2.05) is 19.1 Å². The molecule has 0 amide bonds. The Morgan fingerprint density at radius 3 is 2.92 bits per heavy atom. The van der Waals surface area contributed by atoms with Gasteiger partial charge in [-0.1, -0.05) is 18.9 Å². The van der Waals surface area contributed by atoms with Crippen LogP contribution in [0.25, 0.3) is 6.08 Å². The normalized spacial score (nSPS) is 10.2. The number of aromatic nitrogens is 1. The highest BCUT2D eigenvalue weighted by Gasteiger charge is 1.96. The lowest BCUT2D eigenvalue weighted by Gasteiger charge is -2.01. The number of hydrogen-bond donors (Lipinski definition) is 0. The molecule has 1 heterocycles. The lowest BCUT2D eigenvalue weighted by Crippen LogP contribution is -1.92. The monoisotopic (exact) mass is 171 g/mol. The second-order valence-corrected chi connectivity index (χ2v) is 2.86. The molecule has 0 N–H and O–H groups in total. The fourth-order valence-corrected chi connectivity index (χ4v) is 1.08. The highest BCUT2D eigenvalue weighted by molar-refractivity contribution is 5.52. The maximum Gasteiger partial charge on any atom is 0.0668 e. The Labute approximate surface area is 79.5 Å². The van der Waals surface area contributed by atoms with Crippen molar-refractivity contribution in [2.24, 2.45) is 0 Å². The van der Waals surface area contributed by atoms with Gasteiger partial charge in [-0.3, -0.25) is 4.98 Å². The molecule has 0 aliphatic heterocycles. The van der Waals surface area contributed by atoms with Crippen molar-refractivity contribution in [1.29, 1.82) is 0 Å². The third kappa shape index (κ3) is 2.45. The summed E-state index contributed by atoms with van der Waals surface area (Å²) in [7, 11) is 0. The largest absolute Gasteiger partial charge is 0.253 e. The Balaban J connectivity index is 3.05. The second-order valence-electron chi connectivity index (χ2n) is 2.86. The van der Waals surface area contributed by atoms with Gasteiger partial charge < -0.3 is 0 Å². The molecule has 0 atom stereocenters. The maximum atomic E-state index is 5.13. The molecule has 0 aliphatic rings. The van der Waals surface area contributed by atoms with E-state index in [4.69, 9.17) is 6.42 Å². The Bertz CT molecular complexity index is 356. The lowest BCUT2D eigenvalue weighted by atomic mass is 10.1. The minimum atomic E-state index is 0.956. The molecule has 0 aliphatic carbocycles. The van der Waals surface area contributed by atoms with Crippen molar-refractivity contribution >= 4 is 6.08 Å². The number of pyridine rings is 1. The number of rotatable bonds is 2. The summed E-state index contributed by atoms with van der Waals surface area (Å²) in [6.07, 6.45) is 9.63. The molecule has 0 saturated heterocycles. The van der Waals surface area contributed by atoms with Gasteiger partial charge in [0.15, 0.2) is 0 Å². The van der Waals surface area contributed by atoms with Crippen LogP contribution in [-0.2, 0) is 6.42 Å². The van der Waals surface area contributed by atoms with E-state index in [-0.39, 0.29) is 0 Å². The second kappa shape index (κ2) is 4.47. The zero-order valence-corrected chi connectivity index (χ0v) is 8.04. The third-order valence-corrected chi connectivity index (χ3v) is 1.89. The molecule has 0 aromatic carbocycles. The van der Waals surface area contributed by atoms with Gasteiger partial charge in [-0.15, -0.1) is 6.42 Å². The molecule has 0 saturated carbocycles. The van der Waals surface area contributed by atoms with Gasteiger partial charge in [0.05, 0.1) is 5.69 Å². The van der Waals surface area contributed by atoms with Gasteiger partial charge in [-0.2, -0.15) is 0 Å². The van der Waals surface area contributed by atoms with Gasteiger partial charge in [0, 0.05) is 5.69 Å². The summed E-state index contributed by atoms with van der Waals surface area (Å²) >= 11 is 0. The molecule has 1 aromatic rings. The van der Waals surface area contributed by atoms with Crippen LogP contribution in [-0.4, -0.2) is 4.98 Å². The number of terminal acetylenes is 1. The number of nitrogens with zero attached hydrogens (tertiary/aromatic N) is 1. The van der Waals surface area contributed by atoms with Crippen molar-refractivity contribution in [3.05, 3.63) is 35.2 Å². The molecule has 0 unspecified atom stereocenters. The third-order valence-electron chi connectivity index (χ3n) is 1.89. The van der Waals surface area contributed by atoms with Crippen molar-refractivity contribution in [3.63, 3.8) is 0 Å². The number of allylic oxidation sites excluding steroid dienone is 1. The van der Waals surface area contributed by atoms with E-state index < -0.39 is 0 Å². The summed E-state index contributed by atoms with van der Waals surface area (Å²) in [4.78, 5) is 4.45. The molecule has 1 rings (SSSR count). The van der Waals surface area contributed by atoms with Crippen LogP contribution < -0.4 is 0 Å². The Kier molecular flexibility index (Phi) is 3.28. The molecule has 0 bridgehead atoms. The van der Waals surface area contributed by atoms with Crippen molar-refractivity contribution in [2.45, 2.75) is 20.3 Å². The summed E-state index contributed by atoms with van der Waals surface area (Å²) in [5, 5.41) is 0. The maximum absolute atomic E-state index is 5.13. The van der Waals surface area contributed by atoms with E-state index >= 15 is 0 Å².